The van der Waals surface area contributed by atoms with Crippen molar-refractivity contribution in [2.45, 2.75) is 19.6 Å². The van der Waals surface area contributed by atoms with Gasteiger partial charge in [0.25, 0.3) is 0 Å². The number of thiazole rings is 1. The molecule has 0 saturated heterocycles. The first-order valence-electron chi connectivity index (χ1n) is 6.61. The molecule has 1 aromatic heterocycles. The summed E-state index contributed by atoms with van der Waals surface area (Å²) in [6.07, 6.45) is -3.58. The van der Waals surface area contributed by atoms with Crippen molar-refractivity contribution in [2.75, 3.05) is 19.0 Å². The molecule has 0 spiro atoms. The highest BCUT2D eigenvalue weighted by Crippen LogP contribution is 2.37. The lowest BCUT2D eigenvalue weighted by atomic mass is 10.2. The molecule has 126 valence electrons. The summed E-state index contributed by atoms with van der Waals surface area (Å²) >= 11 is 6.69. The molecule has 0 atom stereocenters. The van der Waals surface area contributed by atoms with E-state index in [-0.39, 0.29) is 11.7 Å². The third-order valence-corrected chi connectivity index (χ3v) is 4.09. The van der Waals surface area contributed by atoms with Gasteiger partial charge in [-0.2, -0.15) is 13.2 Å². The van der Waals surface area contributed by atoms with E-state index >= 15 is 0 Å². The molecule has 0 aliphatic rings. The van der Waals surface area contributed by atoms with E-state index in [0.29, 0.717) is 34.5 Å². The molecule has 1 N–H and O–H groups in total. The summed E-state index contributed by atoms with van der Waals surface area (Å²) in [6.45, 7) is 2.52. The van der Waals surface area contributed by atoms with Gasteiger partial charge in [0, 0.05) is 6.54 Å². The lowest BCUT2D eigenvalue weighted by Gasteiger charge is -2.13. The molecule has 1 aromatic carbocycles. The molecule has 1 heterocycles. The molecular formula is C14H14ClF3N2O2S. The fourth-order valence-corrected chi connectivity index (χ4v) is 2.79. The first-order valence-corrected chi connectivity index (χ1v) is 7.80. The number of aromatic nitrogens is 1. The molecule has 9 heteroatoms. The minimum absolute atomic E-state index is 0.182. The Balaban J connectivity index is 2.11. The lowest BCUT2D eigenvalue weighted by molar-refractivity contribution is -0.134. The second-order valence-electron chi connectivity index (χ2n) is 4.42. The van der Waals surface area contributed by atoms with Crippen LogP contribution in [0.25, 0.3) is 0 Å². The Morgan fingerprint density at radius 1 is 1.35 bits per heavy atom. The van der Waals surface area contributed by atoms with Crippen LogP contribution in [0.5, 0.6) is 11.5 Å². The SMILES string of the molecule is CCOc1c(Cl)cc(CNc2ncc(C(F)(F)F)s2)cc1OC. The quantitative estimate of drug-likeness (QED) is 0.794. The van der Waals surface area contributed by atoms with Gasteiger partial charge in [-0.15, -0.1) is 0 Å². The lowest BCUT2D eigenvalue weighted by Crippen LogP contribution is -2.02. The highest BCUT2D eigenvalue weighted by molar-refractivity contribution is 7.15. The largest absolute Gasteiger partial charge is 0.493 e. The van der Waals surface area contributed by atoms with E-state index in [2.05, 4.69) is 10.3 Å². The zero-order valence-electron chi connectivity index (χ0n) is 12.3. The maximum Gasteiger partial charge on any atom is 0.427 e. The van der Waals surface area contributed by atoms with Crippen molar-refractivity contribution in [1.82, 2.24) is 4.98 Å². The summed E-state index contributed by atoms with van der Waals surface area (Å²) in [5, 5.41) is 3.39. The van der Waals surface area contributed by atoms with Gasteiger partial charge in [-0.1, -0.05) is 22.9 Å². The molecule has 2 aromatic rings. The van der Waals surface area contributed by atoms with Crippen LogP contribution in [0.3, 0.4) is 0 Å². The molecule has 0 unspecified atom stereocenters. The van der Waals surface area contributed by atoms with Crippen molar-refractivity contribution in [2.24, 2.45) is 0 Å². The third kappa shape index (κ3) is 4.42. The normalized spacial score (nSPS) is 11.4. The second kappa shape index (κ2) is 7.27. The Morgan fingerprint density at radius 2 is 2.09 bits per heavy atom. The van der Waals surface area contributed by atoms with E-state index in [4.69, 9.17) is 21.1 Å². The maximum absolute atomic E-state index is 12.5. The van der Waals surface area contributed by atoms with Gasteiger partial charge < -0.3 is 14.8 Å². The van der Waals surface area contributed by atoms with Gasteiger partial charge in [-0.25, -0.2) is 4.98 Å². The molecule has 0 bridgehead atoms. The summed E-state index contributed by atoms with van der Waals surface area (Å²) < 4.78 is 48.2. The number of nitrogens with one attached hydrogen (secondary N) is 1. The average molecular weight is 367 g/mol. The number of hydrogen-bond donors (Lipinski definition) is 1. The number of ether oxygens (including phenoxy) is 2. The van der Waals surface area contributed by atoms with Crippen LogP contribution < -0.4 is 14.8 Å². The molecule has 4 nitrogen and oxygen atoms in total. The number of hydrogen-bond acceptors (Lipinski definition) is 5. The van der Waals surface area contributed by atoms with Crippen LogP contribution >= 0.6 is 22.9 Å². The van der Waals surface area contributed by atoms with Crippen LogP contribution in [0.2, 0.25) is 5.02 Å². The number of methoxy groups -OCH3 is 1. The van der Waals surface area contributed by atoms with Crippen molar-refractivity contribution in [1.29, 1.82) is 0 Å². The van der Waals surface area contributed by atoms with Gasteiger partial charge in [-0.3, -0.25) is 0 Å². The zero-order chi connectivity index (χ0) is 17.0. The number of nitrogens with zero attached hydrogens (tertiary/aromatic N) is 1. The maximum atomic E-state index is 12.5. The number of benzene rings is 1. The van der Waals surface area contributed by atoms with Gasteiger partial charge in [0.1, 0.15) is 4.88 Å². The monoisotopic (exact) mass is 366 g/mol. The molecule has 0 aliphatic carbocycles. The number of halogens is 4. The van der Waals surface area contributed by atoms with E-state index in [1.54, 1.807) is 12.1 Å². The van der Waals surface area contributed by atoms with E-state index in [9.17, 15) is 13.2 Å². The van der Waals surface area contributed by atoms with Crippen LogP contribution in [-0.4, -0.2) is 18.7 Å². The highest BCUT2D eigenvalue weighted by Gasteiger charge is 2.33. The Hall–Kier alpha value is -1.67. The van der Waals surface area contributed by atoms with Crippen LogP contribution in [0.15, 0.2) is 18.3 Å². The summed E-state index contributed by atoms with van der Waals surface area (Å²) in [5.41, 5.74) is 0.735. The van der Waals surface area contributed by atoms with Gasteiger partial charge in [-0.05, 0) is 24.6 Å². The van der Waals surface area contributed by atoms with E-state index in [1.165, 1.54) is 7.11 Å². The first-order chi connectivity index (χ1) is 10.8. The number of alkyl halides is 3. The van der Waals surface area contributed by atoms with Crippen LogP contribution in [-0.2, 0) is 12.7 Å². The molecule has 0 fully saturated rings. The molecule has 0 aliphatic heterocycles. The van der Waals surface area contributed by atoms with Crippen LogP contribution in [0.4, 0.5) is 18.3 Å². The number of rotatable bonds is 6. The van der Waals surface area contributed by atoms with Crippen molar-refractivity contribution in [3.05, 3.63) is 33.8 Å². The van der Waals surface area contributed by atoms with Crippen molar-refractivity contribution >= 4 is 28.1 Å². The topological polar surface area (TPSA) is 43.4 Å². The summed E-state index contributed by atoms with van der Waals surface area (Å²) in [5.74, 6) is 0.903. The fraction of sp³-hybridized carbons (Fsp3) is 0.357. The van der Waals surface area contributed by atoms with E-state index in [1.807, 2.05) is 6.92 Å². The van der Waals surface area contributed by atoms with Gasteiger partial charge in [0.2, 0.25) is 0 Å². The van der Waals surface area contributed by atoms with Crippen LogP contribution in [0, 0.1) is 0 Å². The van der Waals surface area contributed by atoms with Gasteiger partial charge in [0.05, 0.1) is 24.9 Å². The summed E-state index contributed by atoms with van der Waals surface area (Å²) in [4.78, 5) is 2.96. The highest BCUT2D eigenvalue weighted by atomic mass is 35.5. The minimum Gasteiger partial charge on any atom is -0.493 e. The smallest absolute Gasteiger partial charge is 0.427 e. The predicted molar refractivity (Wildman–Crippen MR) is 83.6 cm³/mol. The molecule has 23 heavy (non-hydrogen) atoms. The Bertz CT molecular complexity index is 677. The molecule has 0 saturated carbocycles. The fourth-order valence-electron chi connectivity index (χ4n) is 1.82. The molecular weight excluding hydrogens is 353 g/mol. The zero-order valence-corrected chi connectivity index (χ0v) is 13.9. The van der Waals surface area contributed by atoms with Crippen LogP contribution in [0.1, 0.15) is 17.4 Å². The van der Waals surface area contributed by atoms with Crippen molar-refractivity contribution in [3.63, 3.8) is 0 Å². The van der Waals surface area contributed by atoms with Gasteiger partial charge >= 0.3 is 6.18 Å². The van der Waals surface area contributed by atoms with E-state index in [0.717, 1.165) is 11.8 Å². The van der Waals surface area contributed by atoms with Gasteiger partial charge in [0.15, 0.2) is 16.6 Å². The Labute approximate surface area is 140 Å². The first kappa shape index (κ1) is 17.7. The predicted octanol–water partition coefficient (Wildman–Crippen LogP) is 4.83. The number of anilines is 1. The molecule has 0 radical (unpaired) electrons. The third-order valence-electron chi connectivity index (χ3n) is 2.81. The Kier molecular flexibility index (Phi) is 5.59. The Morgan fingerprint density at radius 3 is 2.65 bits per heavy atom. The summed E-state index contributed by atoms with van der Waals surface area (Å²) in [7, 11) is 1.49. The van der Waals surface area contributed by atoms with E-state index < -0.39 is 11.1 Å². The van der Waals surface area contributed by atoms with Crippen molar-refractivity contribution in [3.8, 4) is 11.5 Å². The average Bonchev–Trinajstić information content (AvgIpc) is 2.96. The molecule has 0 amide bonds. The second-order valence-corrected chi connectivity index (χ2v) is 5.86. The molecule has 2 rings (SSSR count). The minimum atomic E-state index is -4.39. The standard InChI is InChI=1S/C14H14ClF3N2O2S/c1-3-22-12-9(15)4-8(5-10(12)21-2)6-19-13-20-7-11(23-13)14(16,17)18/h4-5,7H,3,6H2,1-2H3,(H,19,20). The van der Waals surface area contributed by atoms with Crippen molar-refractivity contribution < 1.29 is 22.6 Å². The summed E-state index contributed by atoms with van der Waals surface area (Å²) in [6, 6.07) is 3.38.